The molecule has 6 nitrogen and oxygen atoms in total. The normalized spacial score (nSPS) is 15.2. The molecule has 1 aliphatic heterocycles. The van der Waals surface area contributed by atoms with Crippen LogP contribution in [-0.2, 0) is 4.79 Å². The van der Waals surface area contributed by atoms with Gasteiger partial charge in [0.15, 0.2) is 6.61 Å². The molecule has 0 saturated carbocycles. The summed E-state index contributed by atoms with van der Waals surface area (Å²) in [6.45, 7) is -0.325. The lowest BCUT2D eigenvalue weighted by molar-refractivity contribution is -0.127. The van der Waals surface area contributed by atoms with Crippen molar-refractivity contribution >= 4 is 40.7 Å². The fourth-order valence-corrected chi connectivity index (χ4v) is 3.60. The number of amides is 2. The molecule has 30 heavy (non-hydrogen) atoms. The molecule has 3 aromatic rings. The second-order valence-corrected chi connectivity index (χ2v) is 7.42. The first-order valence-corrected chi connectivity index (χ1v) is 9.90. The third-order valence-corrected chi connectivity index (χ3v) is 5.07. The number of rotatable bonds is 5. The zero-order valence-electron chi connectivity index (χ0n) is 15.6. The first kappa shape index (κ1) is 20.1. The minimum Gasteiger partial charge on any atom is -0.482 e. The van der Waals surface area contributed by atoms with Crippen molar-refractivity contribution in [3.63, 3.8) is 0 Å². The minimum atomic E-state index is -0.573. The van der Waals surface area contributed by atoms with Gasteiger partial charge >= 0.3 is 0 Å². The molecular weight excluding hydrogens is 425 g/mol. The molecule has 1 aliphatic rings. The van der Waals surface area contributed by atoms with Crippen molar-refractivity contribution < 1.29 is 14.3 Å². The van der Waals surface area contributed by atoms with Crippen LogP contribution in [0, 0.1) is 0 Å². The van der Waals surface area contributed by atoms with Crippen LogP contribution >= 0.6 is 23.2 Å². The molecule has 0 fully saturated rings. The first-order chi connectivity index (χ1) is 14.5. The van der Waals surface area contributed by atoms with Crippen LogP contribution in [-0.4, -0.2) is 23.4 Å². The molecule has 1 unspecified atom stereocenters. The fourth-order valence-electron chi connectivity index (χ4n) is 3.14. The maximum absolute atomic E-state index is 13.1. The molecule has 1 heterocycles. The number of hydrogen-bond acceptors (Lipinski definition) is 4. The molecule has 2 amide bonds. The lowest BCUT2D eigenvalue weighted by Gasteiger charge is -2.37. The van der Waals surface area contributed by atoms with Gasteiger partial charge in [-0.25, -0.2) is 5.01 Å². The lowest BCUT2D eigenvalue weighted by Crippen LogP contribution is -2.53. The first-order valence-electron chi connectivity index (χ1n) is 9.14. The Morgan fingerprint density at radius 2 is 1.77 bits per heavy atom. The van der Waals surface area contributed by atoms with Crippen LogP contribution in [0.4, 0.5) is 5.69 Å². The zero-order valence-corrected chi connectivity index (χ0v) is 17.2. The van der Waals surface area contributed by atoms with E-state index in [4.69, 9.17) is 27.9 Å². The van der Waals surface area contributed by atoms with Gasteiger partial charge in [-0.15, -0.1) is 0 Å². The van der Waals surface area contributed by atoms with Gasteiger partial charge in [0.1, 0.15) is 11.9 Å². The minimum absolute atomic E-state index is 0.294. The highest BCUT2D eigenvalue weighted by molar-refractivity contribution is 6.35. The van der Waals surface area contributed by atoms with Gasteiger partial charge < -0.3 is 10.1 Å². The smallest absolute Gasteiger partial charge is 0.276 e. The van der Waals surface area contributed by atoms with Gasteiger partial charge in [-0.2, -0.15) is 0 Å². The standard InChI is InChI=1S/C22H17Cl2N3O3/c23-15-10-11-19(17(24)12-15)30-13-20(28)26-27-21(14-6-2-1-3-7-14)25-18-9-5-4-8-16(18)22(27)29/h1-12,21,25H,13H2,(H,26,28). The number of ether oxygens (including phenoxy) is 1. The lowest BCUT2D eigenvalue weighted by atomic mass is 10.1. The molecule has 0 spiro atoms. The van der Waals surface area contributed by atoms with Crippen LogP contribution in [0.1, 0.15) is 22.1 Å². The molecule has 1 atom stereocenters. The maximum atomic E-state index is 13.1. The average Bonchev–Trinajstić information content (AvgIpc) is 2.75. The summed E-state index contributed by atoms with van der Waals surface area (Å²) in [5.41, 5.74) is 4.63. The van der Waals surface area contributed by atoms with Crippen molar-refractivity contribution in [2.24, 2.45) is 0 Å². The Hall–Kier alpha value is -3.22. The molecule has 152 valence electrons. The van der Waals surface area contributed by atoms with Crippen LogP contribution in [0.2, 0.25) is 10.0 Å². The second-order valence-electron chi connectivity index (χ2n) is 6.58. The van der Waals surface area contributed by atoms with Gasteiger partial charge in [0.05, 0.1) is 10.6 Å². The monoisotopic (exact) mass is 441 g/mol. The van der Waals surface area contributed by atoms with Crippen molar-refractivity contribution in [2.75, 3.05) is 11.9 Å². The zero-order chi connectivity index (χ0) is 21.1. The summed E-state index contributed by atoms with van der Waals surface area (Å²) in [5, 5.41) is 5.33. The van der Waals surface area contributed by atoms with Gasteiger partial charge in [-0.1, -0.05) is 65.7 Å². The summed E-state index contributed by atoms with van der Waals surface area (Å²) < 4.78 is 5.48. The number of carbonyl (C=O) groups excluding carboxylic acids is 2. The third-order valence-electron chi connectivity index (χ3n) is 4.54. The molecule has 0 aromatic heterocycles. The summed E-state index contributed by atoms with van der Waals surface area (Å²) in [5.74, 6) is -0.503. The van der Waals surface area contributed by atoms with Crippen LogP contribution in [0.3, 0.4) is 0 Å². The number of fused-ring (bicyclic) bond motifs is 1. The molecule has 4 rings (SSSR count). The van der Waals surface area contributed by atoms with Gasteiger partial charge in [0, 0.05) is 10.7 Å². The highest BCUT2D eigenvalue weighted by atomic mass is 35.5. The Morgan fingerprint density at radius 1 is 1.03 bits per heavy atom. The molecule has 8 heteroatoms. The Balaban J connectivity index is 1.54. The van der Waals surface area contributed by atoms with E-state index in [1.54, 1.807) is 24.3 Å². The summed E-state index contributed by atoms with van der Waals surface area (Å²) in [6, 6.07) is 21.2. The van der Waals surface area contributed by atoms with Crippen molar-refractivity contribution in [1.29, 1.82) is 0 Å². The highest BCUT2D eigenvalue weighted by Crippen LogP contribution is 2.32. The van der Waals surface area contributed by atoms with E-state index >= 15 is 0 Å². The van der Waals surface area contributed by atoms with Crippen LogP contribution < -0.4 is 15.5 Å². The topological polar surface area (TPSA) is 70.7 Å². The molecule has 2 N–H and O–H groups in total. The maximum Gasteiger partial charge on any atom is 0.276 e. The number of nitrogens with zero attached hydrogens (tertiary/aromatic N) is 1. The molecule has 0 radical (unpaired) electrons. The van der Waals surface area contributed by atoms with Crippen molar-refractivity contribution in [1.82, 2.24) is 10.4 Å². The van der Waals surface area contributed by atoms with Crippen LogP contribution in [0.5, 0.6) is 5.75 Å². The van der Waals surface area contributed by atoms with E-state index in [0.717, 1.165) is 5.56 Å². The van der Waals surface area contributed by atoms with Gasteiger partial charge in [-0.3, -0.25) is 15.0 Å². The number of benzene rings is 3. The van der Waals surface area contributed by atoms with Crippen molar-refractivity contribution in [3.8, 4) is 5.75 Å². The summed E-state index contributed by atoms with van der Waals surface area (Å²) in [7, 11) is 0. The number of nitrogens with one attached hydrogen (secondary N) is 2. The Labute approximate surface area is 183 Å². The summed E-state index contributed by atoms with van der Waals surface area (Å²) >= 11 is 11.9. The number of hydrazine groups is 1. The predicted octanol–water partition coefficient (Wildman–Crippen LogP) is 4.67. The fraction of sp³-hybridized carbons (Fsp3) is 0.0909. The van der Waals surface area contributed by atoms with Crippen molar-refractivity contribution in [2.45, 2.75) is 6.17 Å². The van der Waals surface area contributed by atoms with E-state index in [1.807, 2.05) is 42.5 Å². The van der Waals surface area contributed by atoms with Gasteiger partial charge in [0.2, 0.25) is 0 Å². The van der Waals surface area contributed by atoms with E-state index in [2.05, 4.69) is 10.7 Å². The number of para-hydroxylation sites is 1. The molecule has 0 aliphatic carbocycles. The van der Waals surface area contributed by atoms with E-state index in [1.165, 1.54) is 11.1 Å². The molecule has 0 saturated heterocycles. The Morgan fingerprint density at radius 3 is 2.53 bits per heavy atom. The number of hydrogen-bond donors (Lipinski definition) is 2. The van der Waals surface area contributed by atoms with Crippen molar-refractivity contribution in [3.05, 3.63) is 94.0 Å². The van der Waals surface area contributed by atoms with Gasteiger partial charge in [0.25, 0.3) is 11.8 Å². The quantitative estimate of drug-likeness (QED) is 0.603. The predicted molar refractivity (Wildman–Crippen MR) is 116 cm³/mol. The van der Waals surface area contributed by atoms with E-state index < -0.39 is 12.1 Å². The molecule has 0 bridgehead atoms. The SMILES string of the molecule is O=C(COc1ccc(Cl)cc1Cl)NN1C(=O)c2ccccc2NC1c1ccccc1. The third kappa shape index (κ3) is 4.20. The summed E-state index contributed by atoms with van der Waals surface area (Å²) in [4.78, 5) is 25.7. The molecular formula is C22H17Cl2N3O3. The molecule has 3 aromatic carbocycles. The van der Waals surface area contributed by atoms with Gasteiger partial charge in [-0.05, 0) is 35.9 Å². The Bertz CT molecular complexity index is 1090. The van der Waals surface area contributed by atoms with Crippen LogP contribution in [0.15, 0.2) is 72.8 Å². The van der Waals surface area contributed by atoms with Crippen LogP contribution in [0.25, 0.3) is 0 Å². The average molecular weight is 442 g/mol. The van der Waals surface area contributed by atoms with E-state index in [0.29, 0.717) is 27.0 Å². The second kappa shape index (κ2) is 8.65. The van der Waals surface area contributed by atoms with E-state index in [-0.39, 0.29) is 12.5 Å². The summed E-state index contributed by atoms with van der Waals surface area (Å²) in [6.07, 6.45) is -0.573. The number of carbonyl (C=O) groups is 2. The highest BCUT2D eigenvalue weighted by Gasteiger charge is 2.34. The van der Waals surface area contributed by atoms with E-state index in [9.17, 15) is 9.59 Å². The number of halogens is 2. The Kier molecular flexibility index (Phi) is 5.79. The number of anilines is 1. The largest absolute Gasteiger partial charge is 0.482 e.